The average Bonchev–Trinajstić information content (AvgIpc) is 2.23. The third-order valence-electron chi connectivity index (χ3n) is 2.33. The van der Waals surface area contributed by atoms with E-state index < -0.39 is 23.5 Å². The summed E-state index contributed by atoms with van der Waals surface area (Å²) in [5, 5.41) is 19.7. The highest BCUT2D eigenvalue weighted by Gasteiger charge is 2.22. The van der Waals surface area contributed by atoms with Crippen molar-refractivity contribution in [1.82, 2.24) is 0 Å². The maximum Gasteiger partial charge on any atom is 0.338 e. The van der Waals surface area contributed by atoms with Crippen LogP contribution in [0.3, 0.4) is 0 Å². The number of phenolic OH excluding ortho intramolecular Hbond substituents is 1. The summed E-state index contributed by atoms with van der Waals surface area (Å²) in [4.78, 5) is 12.0. The molecular formula is C16H24O5. The lowest BCUT2D eigenvalue weighted by molar-refractivity contribution is -0.169. The van der Waals surface area contributed by atoms with E-state index in [1.807, 2.05) is 0 Å². The smallest absolute Gasteiger partial charge is 0.338 e. The SMILES string of the molecule is CC(C)(C)OC(=O)c1cc(O)cc(C(O)OC(C)(C)C)c1. The highest BCUT2D eigenvalue weighted by Crippen LogP contribution is 2.26. The molecule has 1 aromatic rings. The van der Waals surface area contributed by atoms with E-state index >= 15 is 0 Å². The molecule has 0 radical (unpaired) electrons. The van der Waals surface area contributed by atoms with Crippen LogP contribution in [0.1, 0.15) is 63.8 Å². The van der Waals surface area contributed by atoms with Crippen molar-refractivity contribution in [3.8, 4) is 5.75 Å². The first-order chi connectivity index (χ1) is 9.37. The van der Waals surface area contributed by atoms with Crippen LogP contribution in [-0.2, 0) is 9.47 Å². The van der Waals surface area contributed by atoms with Gasteiger partial charge in [-0.05, 0) is 59.7 Å². The Bertz CT molecular complexity index is 508. The largest absolute Gasteiger partial charge is 0.508 e. The first kappa shape index (κ1) is 17.5. The van der Waals surface area contributed by atoms with Crippen molar-refractivity contribution < 1.29 is 24.5 Å². The van der Waals surface area contributed by atoms with Crippen LogP contribution in [0.2, 0.25) is 0 Å². The molecule has 0 heterocycles. The molecule has 5 nitrogen and oxygen atoms in total. The van der Waals surface area contributed by atoms with Crippen molar-refractivity contribution in [2.75, 3.05) is 0 Å². The van der Waals surface area contributed by atoms with Crippen molar-refractivity contribution in [3.63, 3.8) is 0 Å². The number of phenols is 1. The van der Waals surface area contributed by atoms with Gasteiger partial charge in [0.1, 0.15) is 11.4 Å². The topological polar surface area (TPSA) is 76.0 Å². The molecule has 0 amide bonds. The third kappa shape index (κ3) is 6.14. The zero-order chi connectivity index (χ0) is 16.4. The number of rotatable bonds is 3. The minimum Gasteiger partial charge on any atom is -0.508 e. The highest BCUT2D eigenvalue weighted by molar-refractivity contribution is 5.90. The summed E-state index contributed by atoms with van der Waals surface area (Å²) in [7, 11) is 0. The maximum atomic E-state index is 12.0. The summed E-state index contributed by atoms with van der Waals surface area (Å²) in [5.74, 6) is -0.701. The van der Waals surface area contributed by atoms with Gasteiger partial charge in [-0.25, -0.2) is 4.79 Å². The molecule has 21 heavy (non-hydrogen) atoms. The van der Waals surface area contributed by atoms with Crippen LogP contribution < -0.4 is 0 Å². The summed E-state index contributed by atoms with van der Waals surface area (Å²) in [6.07, 6.45) is -1.24. The number of carbonyl (C=O) groups excluding carboxylic acids is 1. The highest BCUT2D eigenvalue weighted by atomic mass is 16.6. The fourth-order valence-electron chi connectivity index (χ4n) is 1.64. The molecule has 1 atom stereocenters. The van der Waals surface area contributed by atoms with E-state index in [-0.39, 0.29) is 11.3 Å². The number of carbonyl (C=O) groups is 1. The number of aromatic hydroxyl groups is 1. The fraction of sp³-hybridized carbons (Fsp3) is 0.562. The maximum absolute atomic E-state index is 12.0. The Morgan fingerprint density at radius 3 is 2.10 bits per heavy atom. The summed E-state index contributed by atoms with van der Waals surface area (Å²) >= 11 is 0. The van der Waals surface area contributed by atoms with Crippen molar-refractivity contribution in [3.05, 3.63) is 29.3 Å². The van der Waals surface area contributed by atoms with E-state index in [9.17, 15) is 15.0 Å². The minimum atomic E-state index is -1.24. The van der Waals surface area contributed by atoms with Gasteiger partial charge in [0, 0.05) is 5.56 Å². The minimum absolute atomic E-state index is 0.134. The first-order valence-corrected chi connectivity index (χ1v) is 6.80. The number of hydrogen-bond acceptors (Lipinski definition) is 5. The molecule has 0 aliphatic rings. The predicted molar refractivity (Wildman–Crippen MR) is 79.1 cm³/mol. The number of esters is 1. The molecular weight excluding hydrogens is 272 g/mol. The van der Waals surface area contributed by atoms with Gasteiger partial charge in [0.2, 0.25) is 0 Å². The molecule has 118 valence electrons. The van der Waals surface area contributed by atoms with Crippen LogP contribution >= 0.6 is 0 Å². The predicted octanol–water partition coefficient (Wildman–Crippen LogP) is 3.15. The molecule has 0 aliphatic heterocycles. The van der Waals surface area contributed by atoms with Crippen molar-refractivity contribution in [2.24, 2.45) is 0 Å². The second kappa shape index (κ2) is 6.03. The zero-order valence-corrected chi connectivity index (χ0v) is 13.4. The van der Waals surface area contributed by atoms with Gasteiger partial charge in [0.05, 0.1) is 11.2 Å². The Labute approximate surface area is 125 Å². The standard InChI is InChI=1S/C16H24O5/c1-15(2,3)20-13(18)10-7-11(9-12(17)8-10)14(19)21-16(4,5)6/h7-9,13,17-18H,1-6H3. The Balaban J connectivity index is 3.02. The molecule has 1 rings (SSSR count). The van der Waals surface area contributed by atoms with Gasteiger partial charge in [-0.3, -0.25) is 0 Å². The van der Waals surface area contributed by atoms with Gasteiger partial charge >= 0.3 is 5.97 Å². The molecule has 5 heteroatoms. The second-order valence-electron chi connectivity index (χ2n) is 6.90. The van der Waals surface area contributed by atoms with Gasteiger partial charge < -0.3 is 19.7 Å². The molecule has 0 aliphatic carbocycles. The lowest BCUT2D eigenvalue weighted by atomic mass is 10.1. The Morgan fingerprint density at radius 2 is 1.62 bits per heavy atom. The number of ether oxygens (including phenoxy) is 2. The third-order valence-corrected chi connectivity index (χ3v) is 2.33. The van der Waals surface area contributed by atoms with Crippen LogP contribution in [-0.4, -0.2) is 27.4 Å². The van der Waals surface area contributed by atoms with Gasteiger partial charge in [-0.15, -0.1) is 0 Å². The summed E-state index contributed by atoms with van der Waals surface area (Å²) in [5.41, 5.74) is -0.734. The summed E-state index contributed by atoms with van der Waals surface area (Å²) in [6.45, 7) is 10.7. The van der Waals surface area contributed by atoms with Crippen LogP contribution in [0.4, 0.5) is 0 Å². The Hall–Kier alpha value is -1.59. The fourth-order valence-corrected chi connectivity index (χ4v) is 1.64. The number of hydrogen-bond donors (Lipinski definition) is 2. The van der Waals surface area contributed by atoms with Crippen LogP contribution in [0.5, 0.6) is 5.75 Å². The molecule has 0 bridgehead atoms. The monoisotopic (exact) mass is 296 g/mol. The zero-order valence-electron chi connectivity index (χ0n) is 13.4. The molecule has 0 aromatic heterocycles. The number of aliphatic hydroxyl groups is 1. The average molecular weight is 296 g/mol. The normalized spacial score (nSPS) is 13.9. The van der Waals surface area contributed by atoms with Crippen LogP contribution in [0.25, 0.3) is 0 Å². The second-order valence-corrected chi connectivity index (χ2v) is 6.90. The van der Waals surface area contributed by atoms with E-state index in [0.717, 1.165) is 0 Å². The molecule has 1 unspecified atom stereocenters. The van der Waals surface area contributed by atoms with Gasteiger partial charge in [-0.2, -0.15) is 0 Å². The van der Waals surface area contributed by atoms with E-state index in [1.165, 1.54) is 18.2 Å². The van der Waals surface area contributed by atoms with E-state index in [4.69, 9.17) is 9.47 Å². The number of aliphatic hydroxyl groups excluding tert-OH is 1. The van der Waals surface area contributed by atoms with E-state index in [1.54, 1.807) is 41.5 Å². The molecule has 1 aromatic carbocycles. The van der Waals surface area contributed by atoms with E-state index in [2.05, 4.69) is 0 Å². The number of benzene rings is 1. The van der Waals surface area contributed by atoms with E-state index in [0.29, 0.717) is 5.56 Å². The lowest BCUT2D eigenvalue weighted by Gasteiger charge is -2.24. The van der Waals surface area contributed by atoms with Gasteiger partial charge in [0.15, 0.2) is 6.29 Å². The van der Waals surface area contributed by atoms with Crippen molar-refractivity contribution >= 4 is 5.97 Å². The molecule has 0 saturated heterocycles. The first-order valence-electron chi connectivity index (χ1n) is 6.80. The molecule has 0 spiro atoms. The summed E-state index contributed by atoms with van der Waals surface area (Å²) < 4.78 is 10.6. The lowest BCUT2D eigenvalue weighted by Crippen LogP contribution is -2.24. The molecule has 0 fully saturated rings. The van der Waals surface area contributed by atoms with Crippen molar-refractivity contribution in [2.45, 2.75) is 59.0 Å². The van der Waals surface area contributed by atoms with Gasteiger partial charge in [-0.1, -0.05) is 0 Å². The Morgan fingerprint density at radius 1 is 1.05 bits per heavy atom. The van der Waals surface area contributed by atoms with Crippen LogP contribution in [0, 0.1) is 0 Å². The molecule has 0 saturated carbocycles. The van der Waals surface area contributed by atoms with Crippen LogP contribution in [0.15, 0.2) is 18.2 Å². The van der Waals surface area contributed by atoms with Gasteiger partial charge in [0.25, 0.3) is 0 Å². The Kier molecular flexibility index (Phi) is 5.02. The summed E-state index contributed by atoms with van der Waals surface area (Å²) in [6, 6.07) is 4.09. The quantitative estimate of drug-likeness (QED) is 0.662. The molecule has 2 N–H and O–H groups in total. The van der Waals surface area contributed by atoms with Crippen molar-refractivity contribution in [1.29, 1.82) is 0 Å².